The molecule has 32 heavy (non-hydrogen) atoms. The van der Waals surface area contributed by atoms with Crippen LogP contribution in [0.5, 0.6) is 0 Å². The number of alkyl halides is 6. The number of hydrogen-bond acceptors (Lipinski definition) is 3. The molecule has 3 nitrogen and oxygen atoms in total. The van der Waals surface area contributed by atoms with E-state index in [1.54, 1.807) is 0 Å². The molecule has 0 amide bonds. The summed E-state index contributed by atoms with van der Waals surface area (Å²) in [5, 5.41) is 19.7. The van der Waals surface area contributed by atoms with Crippen molar-refractivity contribution in [1.29, 1.82) is 0 Å². The second-order valence-corrected chi connectivity index (χ2v) is 8.20. The van der Waals surface area contributed by atoms with E-state index in [9.17, 15) is 36.6 Å². The molecule has 0 heterocycles. The van der Waals surface area contributed by atoms with Crippen molar-refractivity contribution in [3.05, 3.63) is 70.8 Å². The molecule has 1 aliphatic rings. The minimum absolute atomic E-state index is 0.0213. The molecule has 1 unspecified atom stereocenters. The fraction of sp³-hybridized carbons (Fsp3) is 0.478. The summed E-state index contributed by atoms with van der Waals surface area (Å²) >= 11 is 0. The van der Waals surface area contributed by atoms with Crippen LogP contribution in [0.2, 0.25) is 0 Å². The van der Waals surface area contributed by atoms with Gasteiger partial charge < -0.3 is 14.9 Å². The summed E-state index contributed by atoms with van der Waals surface area (Å²) < 4.78 is 85.0. The van der Waals surface area contributed by atoms with Gasteiger partial charge in [-0.2, -0.15) is 26.3 Å². The van der Waals surface area contributed by atoms with Crippen LogP contribution >= 0.6 is 0 Å². The van der Waals surface area contributed by atoms with E-state index in [0.717, 1.165) is 5.56 Å². The second-order valence-electron chi connectivity index (χ2n) is 8.20. The van der Waals surface area contributed by atoms with Crippen LogP contribution in [-0.4, -0.2) is 29.5 Å². The highest BCUT2D eigenvalue weighted by Gasteiger charge is 2.39. The molecule has 176 valence electrons. The Labute approximate surface area is 181 Å². The topological polar surface area (TPSA) is 49.7 Å². The van der Waals surface area contributed by atoms with Crippen LogP contribution in [0.25, 0.3) is 0 Å². The number of hydrogen-bond donors (Lipinski definition) is 2. The maximum atomic E-state index is 13.2. The normalized spacial score (nSPS) is 23.2. The van der Waals surface area contributed by atoms with Gasteiger partial charge in [-0.05, 0) is 55.0 Å². The SMILES string of the molecule is OCC(OC[C@]1(c2ccccc2)CC[C@@H](O)CC1)c1cc(C(F)(F)F)cc(C(F)(F)F)c1. The summed E-state index contributed by atoms with van der Waals surface area (Å²) in [7, 11) is 0. The van der Waals surface area contributed by atoms with Crippen molar-refractivity contribution in [2.24, 2.45) is 0 Å². The van der Waals surface area contributed by atoms with Crippen LogP contribution in [-0.2, 0) is 22.5 Å². The molecule has 9 heteroatoms. The molecule has 1 saturated carbocycles. The van der Waals surface area contributed by atoms with Gasteiger partial charge in [0.05, 0.1) is 30.4 Å². The lowest BCUT2D eigenvalue weighted by Crippen LogP contribution is -2.38. The van der Waals surface area contributed by atoms with Gasteiger partial charge in [-0.1, -0.05) is 30.3 Å². The standard InChI is InChI=1S/C23H24F6O3/c24-22(25,26)17-10-15(11-18(12-17)23(27,28)29)20(13-30)32-14-21(8-6-19(31)7-9-21)16-4-2-1-3-5-16/h1-5,10-12,19-20,30-31H,6-9,13-14H2/t19-,20?,21+. The van der Waals surface area contributed by atoms with Crippen molar-refractivity contribution in [3.8, 4) is 0 Å². The number of aliphatic hydroxyl groups excluding tert-OH is 2. The average molecular weight is 462 g/mol. The minimum Gasteiger partial charge on any atom is -0.393 e. The number of ether oxygens (including phenoxy) is 1. The molecule has 1 aliphatic carbocycles. The predicted molar refractivity (Wildman–Crippen MR) is 105 cm³/mol. The molecule has 3 rings (SSSR count). The van der Waals surface area contributed by atoms with Gasteiger partial charge >= 0.3 is 12.4 Å². The van der Waals surface area contributed by atoms with Crippen LogP contribution in [0.3, 0.4) is 0 Å². The third kappa shape index (κ3) is 5.63. The van der Waals surface area contributed by atoms with E-state index < -0.39 is 53.3 Å². The molecule has 0 radical (unpaired) electrons. The Kier molecular flexibility index (Phi) is 7.21. The first-order valence-corrected chi connectivity index (χ1v) is 10.2. The summed E-state index contributed by atoms with van der Waals surface area (Å²) in [5.41, 5.74) is -2.97. The molecule has 0 saturated heterocycles. The van der Waals surface area contributed by atoms with Crippen LogP contribution in [0.15, 0.2) is 48.5 Å². The lowest BCUT2D eigenvalue weighted by molar-refractivity contribution is -0.143. The first-order chi connectivity index (χ1) is 14.9. The Morgan fingerprint density at radius 3 is 1.91 bits per heavy atom. The van der Waals surface area contributed by atoms with Crippen LogP contribution in [0, 0.1) is 0 Å². The largest absolute Gasteiger partial charge is 0.416 e. The average Bonchev–Trinajstić information content (AvgIpc) is 2.75. The summed E-state index contributed by atoms with van der Waals surface area (Å²) in [6.45, 7) is -0.807. The number of rotatable bonds is 6. The van der Waals surface area contributed by atoms with Gasteiger partial charge in [0.2, 0.25) is 0 Å². The molecule has 2 aromatic carbocycles. The lowest BCUT2D eigenvalue weighted by atomic mass is 9.69. The number of aliphatic hydroxyl groups is 2. The lowest BCUT2D eigenvalue weighted by Gasteiger charge is -2.40. The molecular formula is C23H24F6O3. The Hall–Kier alpha value is -2.10. The molecule has 0 aromatic heterocycles. The van der Waals surface area contributed by atoms with E-state index in [0.29, 0.717) is 37.8 Å². The monoisotopic (exact) mass is 462 g/mol. The molecule has 2 aromatic rings. The fourth-order valence-electron chi connectivity index (χ4n) is 4.14. The Morgan fingerprint density at radius 1 is 0.906 bits per heavy atom. The third-order valence-corrected chi connectivity index (χ3v) is 6.01. The number of benzene rings is 2. The van der Waals surface area contributed by atoms with Crippen LogP contribution in [0.4, 0.5) is 26.3 Å². The van der Waals surface area contributed by atoms with Gasteiger partial charge in [0.15, 0.2) is 0 Å². The molecule has 0 bridgehead atoms. The zero-order chi connectivity index (χ0) is 23.6. The molecule has 2 N–H and O–H groups in total. The number of halogens is 6. The third-order valence-electron chi connectivity index (χ3n) is 6.01. The summed E-state index contributed by atoms with van der Waals surface area (Å²) in [6.07, 6.45) is -9.77. The van der Waals surface area contributed by atoms with Crippen molar-refractivity contribution in [3.63, 3.8) is 0 Å². The summed E-state index contributed by atoms with van der Waals surface area (Å²) in [5.74, 6) is 0. The summed E-state index contributed by atoms with van der Waals surface area (Å²) in [4.78, 5) is 0. The zero-order valence-corrected chi connectivity index (χ0v) is 17.1. The fourth-order valence-corrected chi connectivity index (χ4v) is 4.14. The Balaban J connectivity index is 1.91. The molecule has 1 atom stereocenters. The van der Waals surface area contributed by atoms with Gasteiger partial charge in [-0.25, -0.2) is 0 Å². The molecule has 0 aliphatic heterocycles. The quantitative estimate of drug-likeness (QED) is 0.546. The Bertz CT molecular complexity index is 855. The zero-order valence-electron chi connectivity index (χ0n) is 17.1. The predicted octanol–water partition coefficient (Wildman–Crippen LogP) is 5.65. The van der Waals surface area contributed by atoms with Gasteiger partial charge in [-0.3, -0.25) is 0 Å². The van der Waals surface area contributed by atoms with Gasteiger partial charge in [0, 0.05) is 5.41 Å². The highest BCUT2D eigenvalue weighted by atomic mass is 19.4. The van der Waals surface area contributed by atoms with E-state index in [2.05, 4.69) is 0 Å². The van der Waals surface area contributed by atoms with Gasteiger partial charge in [0.25, 0.3) is 0 Å². The van der Waals surface area contributed by atoms with E-state index in [1.165, 1.54) is 0 Å². The first-order valence-electron chi connectivity index (χ1n) is 10.2. The van der Waals surface area contributed by atoms with Gasteiger partial charge in [0.1, 0.15) is 6.10 Å². The smallest absolute Gasteiger partial charge is 0.393 e. The van der Waals surface area contributed by atoms with Crippen molar-refractivity contribution in [2.75, 3.05) is 13.2 Å². The molecule has 0 spiro atoms. The maximum absolute atomic E-state index is 13.2. The van der Waals surface area contributed by atoms with E-state index in [-0.39, 0.29) is 12.7 Å². The van der Waals surface area contributed by atoms with Crippen LogP contribution < -0.4 is 0 Å². The van der Waals surface area contributed by atoms with E-state index in [4.69, 9.17) is 4.74 Å². The van der Waals surface area contributed by atoms with Crippen molar-refractivity contribution in [2.45, 2.75) is 55.7 Å². The van der Waals surface area contributed by atoms with E-state index >= 15 is 0 Å². The first kappa shape index (κ1) is 24.5. The second kappa shape index (κ2) is 9.41. The van der Waals surface area contributed by atoms with Crippen molar-refractivity contribution < 1.29 is 41.3 Å². The van der Waals surface area contributed by atoms with Crippen molar-refractivity contribution in [1.82, 2.24) is 0 Å². The molecular weight excluding hydrogens is 438 g/mol. The maximum Gasteiger partial charge on any atom is 0.416 e. The summed E-state index contributed by atoms with van der Waals surface area (Å²) in [6, 6.07) is 10.4. The highest BCUT2D eigenvalue weighted by molar-refractivity contribution is 5.35. The van der Waals surface area contributed by atoms with Crippen LogP contribution in [0.1, 0.15) is 54.0 Å². The highest BCUT2D eigenvalue weighted by Crippen LogP contribution is 2.42. The van der Waals surface area contributed by atoms with E-state index in [1.807, 2.05) is 30.3 Å². The molecule has 1 fully saturated rings. The van der Waals surface area contributed by atoms with Crippen molar-refractivity contribution >= 4 is 0 Å². The van der Waals surface area contributed by atoms with Gasteiger partial charge in [-0.15, -0.1) is 0 Å². The Morgan fingerprint density at radius 2 is 1.44 bits per heavy atom. The minimum atomic E-state index is -4.99.